The number of aliphatic hydroxyl groups excluding tert-OH is 1. The van der Waals surface area contributed by atoms with E-state index in [0.29, 0.717) is 24.9 Å². The lowest BCUT2D eigenvalue weighted by Crippen LogP contribution is -2.39. The van der Waals surface area contributed by atoms with Crippen molar-refractivity contribution in [3.8, 4) is 5.75 Å². The number of hydrogen-bond donors (Lipinski definition) is 3. The predicted octanol–water partition coefficient (Wildman–Crippen LogP) is 2.33. The van der Waals surface area contributed by atoms with Crippen molar-refractivity contribution in [3.05, 3.63) is 29.8 Å². The van der Waals surface area contributed by atoms with Crippen LogP contribution in [0.2, 0.25) is 0 Å². The molecule has 0 atom stereocenters. The van der Waals surface area contributed by atoms with Crippen molar-refractivity contribution in [2.24, 2.45) is 11.8 Å². The summed E-state index contributed by atoms with van der Waals surface area (Å²) in [7, 11) is 1.75. The van der Waals surface area contributed by atoms with Crippen molar-refractivity contribution in [1.29, 1.82) is 0 Å². The van der Waals surface area contributed by atoms with Gasteiger partial charge in [-0.25, -0.2) is 4.79 Å². The van der Waals surface area contributed by atoms with Gasteiger partial charge >= 0.3 is 6.03 Å². The molecule has 0 aromatic heterocycles. The van der Waals surface area contributed by atoms with Crippen LogP contribution in [0.1, 0.15) is 31.2 Å². The van der Waals surface area contributed by atoms with Gasteiger partial charge in [0.15, 0.2) is 0 Å². The van der Waals surface area contributed by atoms with Crippen LogP contribution < -0.4 is 5.32 Å². The Kier molecular flexibility index (Phi) is 6.07. The van der Waals surface area contributed by atoms with Gasteiger partial charge in [-0.1, -0.05) is 12.1 Å². The van der Waals surface area contributed by atoms with E-state index in [9.17, 15) is 9.90 Å². The number of amides is 2. The van der Waals surface area contributed by atoms with Gasteiger partial charge < -0.3 is 20.4 Å². The molecule has 1 fully saturated rings. The minimum Gasteiger partial charge on any atom is -0.508 e. The second kappa shape index (κ2) is 8.03. The zero-order chi connectivity index (χ0) is 15.9. The summed E-state index contributed by atoms with van der Waals surface area (Å²) in [5.41, 5.74) is 0.904. The maximum absolute atomic E-state index is 12.1. The third-order valence-electron chi connectivity index (χ3n) is 4.44. The highest BCUT2D eigenvalue weighted by atomic mass is 16.3. The number of benzene rings is 1. The molecular weight excluding hydrogens is 280 g/mol. The van der Waals surface area contributed by atoms with E-state index >= 15 is 0 Å². The Labute approximate surface area is 131 Å². The second-order valence-electron chi connectivity index (χ2n) is 6.28. The van der Waals surface area contributed by atoms with Crippen LogP contribution in [0.5, 0.6) is 5.75 Å². The number of urea groups is 1. The molecule has 0 unspecified atom stereocenters. The summed E-state index contributed by atoms with van der Waals surface area (Å²) in [5.74, 6) is 1.17. The number of phenolic OH excluding ortho intramolecular Hbond substituents is 1. The number of rotatable bonds is 5. The number of nitrogens with zero attached hydrogens (tertiary/aromatic N) is 1. The van der Waals surface area contributed by atoms with Gasteiger partial charge in [0.25, 0.3) is 0 Å². The number of nitrogens with one attached hydrogen (secondary N) is 1. The smallest absolute Gasteiger partial charge is 0.317 e. The SMILES string of the molecule is CN(Cc1cccc(O)c1)C(=O)NCC1CCC(CO)CC1. The van der Waals surface area contributed by atoms with E-state index in [4.69, 9.17) is 5.11 Å². The summed E-state index contributed by atoms with van der Waals surface area (Å²) in [6.07, 6.45) is 4.25. The molecule has 5 heteroatoms. The molecular formula is C17H26N2O3. The molecule has 0 aliphatic heterocycles. The average Bonchev–Trinajstić information content (AvgIpc) is 2.53. The summed E-state index contributed by atoms with van der Waals surface area (Å²) < 4.78 is 0. The molecule has 2 rings (SSSR count). The van der Waals surface area contributed by atoms with E-state index in [0.717, 1.165) is 31.2 Å². The Morgan fingerprint density at radius 2 is 1.95 bits per heavy atom. The fraction of sp³-hybridized carbons (Fsp3) is 0.588. The van der Waals surface area contributed by atoms with Crippen molar-refractivity contribution in [1.82, 2.24) is 10.2 Å². The van der Waals surface area contributed by atoms with Crippen molar-refractivity contribution in [2.45, 2.75) is 32.2 Å². The van der Waals surface area contributed by atoms with Gasteiger partial charge in [-0.3, -0.25) is 0 Å². The molecule has 1 aliphatic rings. The second-order valence-corrected chi connectivity index (χ2v) is 6.28. The van der Waals surface area contributed by atoms with Gasteiger partial charge in [-0.15, -0.1) is 0 Å². The monoisotopic (exact) mass is 306 g/mol. The quantitative estimate of drug-likeness (QED) is 0.782. The van der Waals surface area contributed by atoms with Crippen LogP contribution in [0.15, 0.2) is 24.3 Å². The predicted molar refractivity (Wildman–Crippen MR) is 85.5 cm³/mol. The molecule has 0 radical (unpaired) electrons. The number of hydrogen-bond acceptors (Lipinski definition) is 3. The molecule has 0 saturated heterocycles. The number of phenols is 1. The zero-order valence-corrected chi connectivity index (χ0v) is 13.2. The first-order chi connectivity index (χ1) is 10.6. The summed E-state index contributed by atoms with van der Waals surface area (Å²) >= 11 is 0. The lowest BCUT2D eigenvalue weighted by Gasteiger charge is -2.28. The maximum Gasteiger partial charge on any atom is 0.317 e. The van der Waals surface area contributed by atoms with Gasteiger partial charge in [0, 0.05) is 26.7 Å². The first kappa shape index (κ1) is 16.6. The van der Waals surface area contributed by atoms with Gasteiger partial charge in [0.2, 0.25) is 0 Å². The highest BCUT2D eigenvalue weighted by Crippen LogP contribution is 2.27. The first-order valence-corrected chi connectivity index (χ1v) is 7.96. The average molecular weight is 306 g/mol. The van der Waals surface area contributed by atoms with E-state index in [1.165, 1.54) is 0 Å². The van der Waals surface area contributed by atoms with E-state index in [1.807, 2.05) is 6.07 Å². The van der Waals surface area contributed by atoms with E-state index in [2.05, 4.69) is 5.32 Å². The third-order valence-corrected chi connectivity index (χ3v) is 4.44. The molecule has 3 N–H and O–H groups in total. The molecule has 22 heavy (non-hydrogen) atoms. The Morgan fingerprint density at radius 3 is 2.59 bits per heavy atom. The van der Waals surface area contributed by atoms with Crippen LogP contribution in [0.4, 0.5) is 4.79 Å². The van der Waals surface area contributed by atoms with Gasteiger partial charge in [-0.2, -0.15) is 0 Å². The number of aliphatic hydroxyl groups is 1. The Morgan fingerprint density at radius 1 is 1.27 bits per heavy atom. The molecule has 5 nitrogen and oxygen atoms in total. The lowest BCUT2D eigenvalue weighted by molar-refractivity contribution is 0.163. The molecule has 0 bridgehead atoms. The fourth-order valence-electron chi connectivity index (χ4n) is 2.99. The summed E-state index contributed by atoms with van der Waals surface area (Å²) in [6.45, 7) is 1.45. The van der Waals surface area contributed by atoms with E-state index in [-0.39, 0.29) is 18.4 Å². The molecule has 122 valence electrons. The van der Waals surface area contributed by atoms with Crippen molar-refractivity contribution >= 4 is 6.03 Å². The summed E-state index contributed by atoms with van der Waals surface area (Å²) in [4.78, 5) is 13.7. The van der Waals surface area contributed by atoms with Gasteiger partial charge in [0.05, 0.1) is 0 Å². The molecule has 0 spiro atoms. The summed E-state index contributed by atoms with van der Waals surface area (Å²) in [5, 5.41) is 21.6. The van der Waals surface area contributed by atoms with Crippen LogP contribution >= 0.6 is 0 Å². The molecule has 0 heterocycles. The summed E-state index contributed by atoms with van der Waals surface area (Å²) in [6, 6.07) is 6.86. The minimum atomic E-state index is -0.0902. The maximum atomic E-state index is 12.1. The third kappa shape index (κ3) is 4.91. The first-order valence-electron chi connectivity index (χ1n) is 7.96. The van der Waals surface area contributed by atoms with Crippen LogP contribution in [0, 0.1) is 11.8 Å². The highest BCUT2D eigenvalue weighted by molar-refractivity contribution is 5.73. The lowest BCUT2D eigenvalue weighted by atomic mass is 9.82. The minimum absolute atomic E-state index is 0.0902. The largest absolute Gasteiger partial charge is 0.508 e. The Hall–Kier alpha value is -1.75. The number of carbonyl (C=O) groups is 1. The van der Waals surface area contributed by atoms with Crippen LogP contribution in [-0.2, 0) is 6.54 Å². The van der Waals surface area contributed by atoms with Crippen LogP contribution in [0.3, 0.4) is 0 Å². The molecule has 1 aliphatic carbocycles. The standard InChI is InChI=1S/C17H26N2O3/c1-19(11-15-3-2-4-16(21)9-15)17(22)18-10-13-5-7-14(12-20)8-6-13/h2-4,9,13-14,20-21H,5-8,10-12H2,1H3,(H,18,22). The Bertz CT molecular complexity index is 485. The van der Waals surface area contributed by atoms with E-state index < -0.39 is 0 Å². The van der Waals surface area contributed by atoms with Gasteiger partial charge in [-0.05, 0) is 55.2 Å². The van der Waals surface area contributed by atoms with Gasteiger partial charge in [0.1, 0.15) is 5.75 Å². The van der Waals surface area contributed by atoms with Crippen molar-refractivity contribution in [3.63, 3.8) is 0 Å². The highest BCUT2D eigenvalue weighted by Gasteiger charge is 2.21. The number of carbonyl (C=O) groups excluding carboxylic acids is 1. The van der Waals surface area contributed by atoms with Crippen LogP contribution in [0.25, 0.3) is 0 Å². The van der Waals surface area contributed by atoms with Crippen LogP contribution in [-0.4, -0.2) is 41.3 Å². The van der Waals surface area contributed by atoms with Crippen molar-refractivity contribution < 1.29 is 15.0 Å². The number of aromatic hydroxyl groups is 1. The molecule has 2 amide bonds. The van der Waals surface area contributed by atoms with Crippen molar-refractivity contribution in [2.75, 3.05) is 20.2 Å². The molecule has 1 aromatic rings. The molecule has 1 aromatic carbocycles. The normalized spacial score (nSPS) is 21.4. The zero-order valence-electron chi connectivity index (χ0n) is 13.2. The Balaban J connectivity index is 1.72. The fourth-order valence-corrected chi connectivity index (χ4v) is 2.99. The molecule has 1 saturated carbocycles. The topological polar surface area (TPSA) is 72.8 Å². The van der Waals surface area contributed by atoms with E-state index in [1.54, 1.807) is 30.1 Å².